The molecule has 1 fully saturated rings. The van der Waals surface area contributed by atoms with Crippen molar-refractivity contribution in [1.82, 2.24) is 0 Å². The molecule has 0 spiro atoms. The molecule has 0 amide bonds. The Bertz CT molecular complexity index is 446. The van der Waals surface area contributed by atoms with Gasteiger partial charge in [0.15, 0.2) is 0 Å². The molecule has 5 nitrogen and oxygen atoms in total. The number of rotatable bonds is 4. The van der Waals surface area contributed by atoms with Crippen LogP contribution in [0.5, 0.6) is 0 Å². The highest BCUT2D eigenvalue weighted by atomic mass is 19.1. The smallest absolute Gasteiger partial charge is 0.292 e. The van der Waals surface area contributed by atoms with Gasteiger partial charge in [-0.1, -0.05) is 0 Å². The summed E-state index contributed by atoms with van der Waals surface area (Å²) >= 11 is 0. The molecule has 0 aliphatic heterocycles. The number of halogens is 1. The van der Waals surface area contributed by atoms with Crippen molar-refractivity contribution in [3.8, 4) is 0 Å². The van der Waals surface area contributed by atoms with Crippen molar-refractivity contribution < 1.29 is 14.4 Å². The minimum atomic E-state index is -0.805. The van der Waals surface area contributed by atoms with Crippen LogP contribution in [0.2, 0.25) is 0 Å². The van der Waals surface area contributed by atoms with Gasteiger partial charge in [-0.25, -0.2) is 4.39 Å². The monoisotopic (exact) mass is 240 g/mol. The maximum absolute atomic E-state index is 13.0. The number of nitrogens with zero attached hydrogens (tertiary/aromatic N) is 1. The summed E-state index contributed by atoms with van der Waals surface area (Å²) in [6.07, 6.45) is 2.29. The minimum Gasteiger partial charge on any atom is -0.388 e. The van der Waals surface area contributed by atoms with Crippen molar-refractivity contribution >= 4 is 11.4 Å². The topological polar surface area (TPSA) is 75.4 Å². The van der Waals surface area contributed by atoms with E-state index in [1.807, 2.05) is 0 Å². The van der Waals surface area contributed by atoms with Gasteiger partial charge in [-0.05, 0) is 25.3 Å². The lowest BCUT2D eigenvalue weighted by Gasteiger charge is -2.36. The summed E-state index contributed by atoms with van der Waals surface area (Å²) in [4.78, 5) is 10.1. The lowest BCUT2D eigenvalue weighted by molar-refractivity contribution is -0.384. The molecule has 0 heterocycles. The van der Waals surface area contributed by atoms with E-state index in [0.29, 0.717) is 12.8 Å². The van der Waals surface area contributed by atoms with Gasteiger partial charge in [-0.2, -0.15) is 0 Å². The van der Waals surface area contributed by atoms with E-state index in [0.717, 1.165) is 24.6 Å². The minimum absolute atomic E-state index is 0.107. The summed E-state index contributed by atoms with van der Waals surface area (Å²) < 4.78 is 13.0. The number of anilines is 1. The van der Waals surface area contributed by atoms with Gasteiger partial charge in [0.25, 0.3) is 5.69 Å². The summed E-state index contributed by atoms with van der Waals surface area (Å²) in [7, 11) is 0. The highest BCUT2D eigenvalue weighted by Crippen LogP contribution is 2.33. The number of hydrogen-bond acceptors (Lipinski definition) is 4. The van der Waals surface area contributed by atoms with Crippen LogP contribution in [0.3, 0.4) is 0 Å². The van der Waals surface area contributed by atoms with E-state index in [1.54, 1.807) is 0 Å². The lowest BCUT2D eigenvalue weighted by atomic mass is 9.80. The van der Waals surface area contributed by atoms with Crippen LogP contribution in [0.15, 0.2) is 18.2 Å². The molecule has 2 N–H and O–H groups in total. The number of nitrogens with one attached hydrogen (secondary N) is 1. The van der Waals surface area contributed by atoms with E-state index < -0.39 is 16.3 Å². The number of hydrogen-bond donors (Lipinski definition) is 2. The van der Waals surface area contributed by atoms with Crippen LogP contribution in [0, 0.1) is 15.9 Å². The summed E-state index contributed by atoms with van der Waals surface area (Å²) in [6.45, 7) is 0.206. The summed E-state index contributed by atoms with van der Waals surface area (Å²) in [5.74, 6) is -0.543. The Hall–Kier alpha value is -1.69. The zero-order valence-corrected chi connectivity index (χ0v) is 9.15. The fourth-order valence-corrected chi connectivity index (χ4v) is 1.83. The quantitative estimate of drug-likeness (QED) is 0.624. The molecule has 0 atom stereocenters. The van der Waals surface area contributed by atoms with Gasteiger partial charge < -0.3 is 10.4 Å². The molecule has 1 saturated carbocycles. The molecule has 1 aromatic rings. The van der Waals surface area contributed by atoms with Gasteiger partial charge in [0, 0.05) is 18.7 Å². The normalized spacial score (nSPS) is 17.3. The Kier molecular flexibility index (Phi) is 2.97. The zero-order valence-electron chi connectivity index (χ0n) is 9.15. The third-order valence-electron chi connectivity index (χ3n) is 3.05. The van der Waals surface area contributed by atoms with Crippen LogP contribution in [-0.2, 0) is 0 Å². The van der Waals surface area contributed by atoms with Gasteiger partial charge in [0.2, 0.25) is 0 Å². The summed E-state index contributed by atoms with van der Waals surface area (Å²) in [6, 6.07) is 3.23. The van der Waals surface area contributed by atoms with E-state index in [9.17, 15) is 19.6 Å². The largest absolute Gasteiger partial charge is 0.388 e. The molecule has 2 rings (SSSR count). The van der Waals surface area contributed by atoms with E-state index in [2.05, 4.69) is 5.32 Å². The second kappa shape index (κ2) is 4.29. The Balaban J connectivity index is 2.13. The first-order valence-electron chi connectivity index (χ1n) is 5.40. The molecular weight excluding hydrogens is 227 g/mol. The van der Waals surface area contributed by atoms with Gasteiger partial charge in [-0.15, -0.1) is 0 Å². The number of nitro groups is 1. The molecule has 0 radical (unpaired) electrons. The molecule has 1 aliphatic rings. The predicted octanol–water partition coefficient (Wildman–Crippen LogP) is 2.06. The molecule has 0 unspecified atom stereocenters. The predicted molar refractivity (Wildman–Crippen MR) is 60.3 cm³/mol. The van der Waals surface area contributed by atoms with Crippen molar-refractivity contribution in [3.63, 3.8) is 0 Å². The van der Waals surface area contributed by atoms with Crippen LogP contribution in [0.4, 0.5) is 15.8 Å². The van der Waals surface area contributed by atoms with Crippen molar-refractivity contribution in [2.75, 3.05) is 11.9 Å². The first-order valence-corrected chi connectivity index (χ1v) is 5.40. The first kappa shape index (κ1) is 11.8. The van der Waals surface area contributed by atoms with Crippen molar-refractivity contribution in [2.24, 2.45) is 0 Å². The molecule has 1 aliphatic carbocycles. The Morgan fingerprint density at radius 1 is 1.53 bits per heavy atom. The van der Waals surface area contributed by atoms with E-state index >= 15 is 0 Å². The zero-order chi connectivity index (χ0) is 12.5. The Morgan fingerprint density at radius 2 is 2.24 bits per heavy atom. The van der Waals surface area contributed by atoms with Crippen LogP contribution < -0.4 is 5.32 Å². The lowest BCUT2D eigenvalue weighted by Crippen LogP contribution is -2.43. The molecule has 0 saturated heterocycles. The SMILES string of the molecule is O=[N+]([O-])c1ccc(F)cc1NCC1(O)CCC1. The molecular formula is C11H13FN2O3. The second-order valence-electron chi connectivity index (χ2n) is 4.35. The molecule has 1 aromatic carbocycles. The highest BCUT2D eigenvalue weighted by molar-refractivity contribution is 5.61. The average molecular weight is 240 g/mol. The molecule has 6 heteroatoms. The third-order valence-corrected chi connectivity index (χ3v) is 3.05. The van der Waals surface area contributed by atoms with Crippen LogP contribution in [0.1, 0.15) is 19.3 Å². The number of nitro benzene ring substituents is 1. The maximum Gasteiger partial charge on any atom is 0.292 e. The van der Waals surface area contributed by atoms with Gasteiger partial charge in [0.05, 0.1) is 10.5 Å². The summed E-state index contributed by atoms with van der Waals surface area (Å²) in [5.41, 5.74) is -0.884. The van der Waals surface area contributed by atoms with Crippen LogP contribution >= 0.6 is 0 Å². The molecule has 17 heavy (non-hydrogen) atoms. The van der Waals surface area contributed by atoms with Crippen molar-refractivity contribution in [1.29, 1.82) is 0 Å². The average Bonchev–Trinajstić information content (AvgIpc) is 2.23. The second-order valence-corrected chi connectivity index (χ2v) is 4.35. The number of benzene rings is 1. The van der Waals surface area contributed by atoms with E-state index in [4.69, 9.17) is 0 Å². The van der Waals surface area contributed by atoms with Crippen LogP contribution in [-0.4, -0.2) is 22.2 Å². The van der Waals surface area contributed by atoms with Gasteiger partial charge >= 0.3 is 0 Å². The maximum atomic E-state index is 13.0. The highest BCUT2D eigenvalue weighted by Gasteiger charge is 2.34. The van der Waals surface area contributed by atoms with Gasteiger partial charge in [0.1, 0.15) is 11.5 Å². The van der Waals surface area contributed by atoms with Gasteiger partial charge in [-0.3, -0.25) is 10.1 Å². The fourth-order valence-electron chi connectivity index (χ4n) is 1.83. The van der Waals surface area contributed by atoms with E-state index in [-0.39, 0.29) is 17.9 Å². The van der Waals surface area contributed by atoms with Crippen molar-refractivity contribution in [3.05, 3.63) is 34.1 Å². The Morgan fingerprint density at radius 3 is 2.76 bits per heavy atom. The van der Waals surface area contributed by atoms with Crippen molar-refractivity contribution in [2.45, 2.75) is 24.9 Å². The molecule has 92 valence electrons. The summed E-state index contributed by atoms with van der Waals surface area (Å²) in [5, 5.41) is 23.3. The van der Waals surface area contributed by atoms with E-state index in [1.165, 1.54) is 0 Å². The fraction of sp³-hybridized carbons (Fsp3) is 0.455. The standard InChI is InChI=1S/C11H13FN2O3/c12-8-2-3-10(14(16)17)9(6-8)13-7-11(15)4-1-5-11/h2-3,6,13,15H,1,4-5,7H2. The molecule has 0 bridgehead atoms. The van der Waals surface area contributed by atoms with Crippen LogP contribution in [0.25, 0.3) is 0 Å². The Labute approximate surface area is 97.4 Å². The molecule has 0 aromatic heterocycles. The third kappa shape index (κ3) is 2.52. The first-order chi connectivity index (χ1) is 8.00. The number of aliphatic hydroxyl groups is 1.